The summed E-state index contributed by atoms with van der Waals surface area (Å²) in [6, 6.07) is 18.1. The van der Waals surface area contributed by atoms with Crippen LogP contribution in [0.4, 0.5) is 0 Å². The van der Waals surface area contributed by atoms with E-state index in [2.05, 4.69) is 42.4 Å². The SMILES string of the molecule is Clc1nc2n(n1)c1nc(Cl)nn1c1nc(-c3ccc(-c4ccccc4)cc3)nn21. The molecule has 140 valence electrons. The van der Waals surface area contributed by atoms with Crippen molar-refractivity contribution in [3.8, 4) is 22.5 Å². The molecule has 6 aromatic rings. The smallest absolute Gasteiger partial charge is 0.189 e. The Hall–Kier alpha value is -3.56. The van der Waals surface area contributed by atoms with E-state index in [9.17, 15) is 0 Å². The van der Waals surface area contributed by atoms with Crippen molar-refractivity contribution in [1.82, 2.24) is 43.8 Å². The maximum absolute atomic E-state index is 6.00. The molecule has 0 amide bonds. The third-order valence-electron chi connectivity index (χ3n) is 4.54. The fraction of sp³-hybridized carbons (Fsp3) is 0. The van der Waals surface area contributed by atoms with Gasteiger partial charge in [0.2, 0.25) is 10.6 Å². The van der Waals surface area contributed by atoms with Crippen molar-refractivity contribution in [2.75, 3.05) is 0 Å². The summed E-state index contributed by atoms with van der Waals surface area (Å²) in [7, 11) is 0. The molecule has 0 aliphatic carbocycles. The van der Waals surface area contributed by atoms with Crippen molar-refractivity contribution in [1.29, 1.82) is 0 Å². The van der Waals surface area contributed by atoms with E-state index in [1.807, 2.05) is 42.5 Å². The van der Waals surface area contributed by atoms with Gasteiger partial charge in [-0.2, -0.15) is 28.5 Å². The lowest BCUT2D eigenvalue weighted by Gasteiger charge is -2.02. The monoisotopic (exact) mass is 421 g/mol. The standard InChI is InChI=1S/C18H9Cl2N9/c19-14-22-17-27-16(28-18(29(17)26-14)23-15(20)25-28)21-13(24-27)12-8-6-11(7-9-12)10-4-2-1-3-5-10/h1-9H. The average molecular weight is 422 g/mol. The Morgan fingerprint density at radius 1 is 0.517 bits per heavy atom. The molecule has 2 aromatic carbocycles. The van der Waals surface area contributed by atoms with E-state index in [0.29, 0.717) is 23.2 Å². The van der Waals surface area contributed by atoms with Crippen LogP contribution in [0.1, 0.15) is 0 Å². The number of aromatic nitrogens is 9. The van der Waals surface area contributed by atoms with Gasteiger partial charge < -0.3 is 0 Å². The van der Waals surface area contributed by atoms with Crippen LogP contribution >= 0.6 is 23.2 Å². The molecule has 0 saturated carbocycles. The van der Waals surface area contributed by atoms with Crippen LogP contribution in [0.2, 0.25) is 10.6 Å². The Kier molecular flexibility index (Phi) is 3.37. The highest BCUT2D eigenvalue weighted by Crippen LogP contribution is 2.24. The molecule has 0 radical (unpaired) electrons. The van der Waals surface area contributed by atoms with Gasteiger partial charge in [0, 0.05) is 5.56 Å². The number of nitrogens with zero attached hydrogens (tertiary/aromatic N) is 9. The fourth-order valence-electron chi connectivity index (χ4n) is 3.24. The molecule has 4 heterocycles. The van der Waals surface area contributed by atoms with Gasteiger partial charge in [-0.05, 0) is 34.3 Å². The molecule has 0 atom stereocenters. The zero-order valence-corrected chi connectivity index (χ0v) is 16.0. The Morgan fingerprint density at radius 2 is 1.00 bits per heavy atom. The first-order valence-corrected chi connectivity index (χ1v) is 9.32. The molecule has 9 nitrogen and oxygen atoms in total. The molecule has 0 fully saturated rings. The van der Waals surface area contributed by atoms with Crippen molar-refractivity contribution in [2.45, 2.75) is 0 Å². The first-order valence-electron chi connectivity index (χ1n) is 8.56. The van der Waals surface area contributed by atoms with Gasteiger partial charge >= 0.3 is 0 Å². The number of rotatable bonds is 2. The third-order valence-corrected chi connectivity index (χ3v) is 4.86. The third kappa shape index (κ3) is 2.48. The highest BCUT2D eigenvalue weighted by Gasteiger charge is 2.19. The quantitative estimate of drug-likeness (QED) is 0.425. The first kappa shape index (κ1) is 16.4. The van der Waals surface area contributed by atoms with Crippen molar-refractivity contribution in [3.05, 3.63) is 65.2 Å². The van der Waals surface area contributed by atoms with E-state index in [0.717, 1.165) is 16.7 Å². The molecule has 0 saturated heterocycles. The zero-order chi connectivity index (χ0) is 19.5. The second-order valence-electron chi connectivity index (χ2n) is 6.28. The van der Waals surface area contributed by atoms with Gasteiger partial charge in [0.25, 0.3) is 17.3 Å². The molecule has 0 aliphatic heterocycles. The number of benzene rings is 2. The second kappa shape index (κ2) is 5.97. The predicted octanol–water partition coefficient (Wildman–Crippen LogP) is 3.46. The van der Waals surface area contributed by atoms with E-state index < -0.39 is 0 Å². The van der Waals surface area contributed by atoms with E-state index in [1.54, 1.807) is 0 Å². The number of hydrogen-bond donors (Lipinski definition) is 0. The topological polar surface area (TPSA) is 90.6 Å². The highest BCUT2D eigenvalue weighted by molar-refractivity contribution is 6.28. The molecule has 0 unspecified atom stereocenters. The summed E-state index contributed by atoms with van der Waals surface area (Å²) in [6.07, 6.45) is 0. The maximum Gasteiger partial charge on any atom is 0.261 e. The van der Waals surface area contributed by atoms with Crippen LogP contribution < -0.4 is 0 Å². The maximum atomic E-state index is 6.00. The average Bonchev–Trinajstić information content (AvgIpc) is 3.44. The van der Waals surface area contributed by atoms with Gasteiger partial charge in [-0.1, -0.05) is 54.6 Å². The summed E-state index contributed by atoms with van der Waals surface area (Å²) in [5, 5.41) is 13.0. The fourth-order valence-corrected chi connectivity index (χ4v) is 3.54. The molecule has 29 heavy (non-hydrogen) atoms. The van der Waals surface area contributed by atoms with Crippen LogP contribution in [-0.4, -0.2) is 43.8 Å². The molecular formula is C18H9Cl2N9. The van der Waals surface area contributed by atoms with Gasteiger partial charge in [0.15, 0.2) is 5.82 Å². The summed E-state index contributed by atoms with van der Waals surface area (Å²) in [5.41, 5.74) is 3.09. The second-order valence-corrected chi connectivity index (χ2v) is 6.95. The lowest BCUT2D eigenvalue weighted by atomic mass is 10.0. The van der Waals surface area contributed by atoms with E-state index in [1.165, 1.54) is 13.5 Å². The lowest BCUT2D eigenvalue weighted by Crippen LogP contribution is -2.06. The zero-order valence-electron chi connectivity index (χ0n) is 14.5. The molecule has 0 aliphatic rings. The Bertz CT molecular complexity index is 1440. The molecule has 0 N–H and O–H groups in total. The van der Waals surface area contributed by atoms with Crippen LogP contribution in [0.5, 0.6) is 0 Å². The molecule has 4 aromatic heterocycles. The van der Waals surface area contributed by atoms with Gasteiger partial charge in [0.1, 0.15) is 0 Å². The van der Waals surface area contributed by atoms with Crippen LogP contribution in [0.15, 0.2) is 54.6 Å². The number of hydrogen-bond acceptors (Lipinski definition) is 6. The van der Waals surface area contributed by atoms with Crippen LogP contribution in [-0.2, 0) is 0 Å². The van der Waals surface area contributed by atoms with Gasteiger partial charge in [-0.3, -0.25) is 0 Å². The minimum atomic E-state index is 0.0581. The van der Waals surface area contributed by atoms with Crippen molar-refractivity contribution < 1.29 is 0 Å². The number of fused-ring (bicyclic) bond motifs is 6. The molecule has 0 spiro atoms. The van der Waals surface area contributed by atoms with Crippen LogP contribution in [0, 0.1) is 0 Å². The summed E-state index contributed by atoms with van der Waals surface area (Å²) in [5.74, 6) is 1.61. The molecular weight excluding hydrogens is 413 g/mol. The van der Waals surface area contributed by atoms with Crippen LogP contribution in [0.25, 0.3) is 39.8 Å². The molecule has 6 rings (SSSR count). The van der Waals surface area contributed by atoms with Gasteiger partial charge in [0.05, 0.1) is 0 Å². The summed E-state index contributed by atoms with van der Waals surface area (Å²) >= 11 is 12.0. The summed E-state index contributed by atoms with van der Waals surface area (Å²) in [4.78, 5) is 13.0. The van der Waals surface area contributed by atoms with Crippen molar-refractivity contribution >= 4 is 40.5 Å². The predicted molar refractivity (Wildman–Crippen MR) is 107 cm³/mol. The molecule has 0 bridgehead atoms. The van der Waals surface area contributed by atoms with Crippen molar-refractivity contribution in [2.24, 2.45) is 0 Å². The van der Waals surface area contributed by atoms with Crippen molar-refractivity contribution in [3.63, 3.8) is 0 Å². The molecule has 11 heteroatoms. The first-order chi connectivity index (χ1) is 14.2. The summed E-state index contributed by atoms with van der Waals surface area (Å²) in [6.45, 7) is 0. The largest absolute Gasteiger partial charge is 0.261 e. The minimum Gasteiger partial charge on any atom is -0.189 e. The Morgan fingerprint density at radius 3 is 1.62 bits per heavy atom. The Labute approximate surface area is 172 Å². The highest BCUT2D eigenvalue weighted by atomic mass is 35.5. The van der Waals surface area contributed by atoms with Crippen LogP contribution in [0.3, 0.4) is 0 Å². The number of halogens is 2. The normalized spacial score (nSPS) is 11.8. The Balaban J connectivity index is 1.56. The summed E-state index contributed by atoms with van der Waals surface area (Å²) < 4.78 is 4.39. The van der Waals surface area contributed by atoms with Gasteiger partial charge in [-0.25, -0.2) is 0 Å². The lowest BCUT2D eigenvalue weighted by molar-refractivity contribution is 0.816. The van der Waals surface area contributed by atoms with E-state index >= 15 is 0 Å². The van der Waals surface area contributed by atoms with Gasteiger partial charge in [-0.15, -0.1) is 15.3 Å². The minimum absolute atomic E-state index is 0.0581. The van der Waals surface area contributed by atoms with E-state index in [4.69, 9.17) is 23.2 Å². The van der Waals surface area contributed by atoms with E-state index in [-0.39, 0.29) is 10.6 Å².